The third-order valence-electron chi connectivity index (χ3n) is 4.78. The Morgan fingerprint density at radius 2 is 1.75 bits per heavy atom. The summed E-state index contributed by atoms with van der Waals surface area (Å²) in [4.78, 5) is 17.0. The first-order valence-corrected chi connectivity index (χ1v) is 7.99. The minimum Gasteiger partial charge on any atom is -0.339 e. The monoisotopic (exact) mass is 303 g/mol. The Kier molecular flexibility index (Phi) is 7.85. The standard InChI is InChI=1S/C15H29N3O.ClH/c1-2-13-7-4-6-10-18(13)15(19)12-17-9-5-3-8-14(17)11-16;/h13-14H,2-12,16H2,1H3;1H. The molecule has 2 N–H and O–H groups in total. The number of carbonyl (C=O) groups excluding carboxylic acids is 1. The van der Waals surface area contributed by atoms with Gasteiger partial charge in [-0.25, -0.2) is 0 Å². The van der Waals surface area contributed by atoms with E-state index in [1.807, 2.05) is 0 Å². The number of nitrogens with two attached hydrogens (primary N) is 1. The number of carbonyl (C=O) groups is 1. The summed E-state index contributed by atoms with van der Waals surface area (Å²) in [5.74, 6) is 0.326. The first-order chi connectivity index (χ1) is 9.26. The predicted molar refractivity (Wildman–Crippen MR) is 85.2 cm³/mol. The zero-order valence-electron chi connectivity index (χ0n) is 12.7. The van der Waals surface area contributed by atoms with Crippen molar-refractivity contribution < 1.29 is 4.79 Å². The molecule has 0 spiro atoms. The third-order valence-corrected chi connectivity index (χ3v) is 4.78. The minimum atomic E-state index is 0. The van der Waals surface area contributed by atoms with Gasteiger partial charge in [0.25, 0.3) is 0 Å². The van der Waals surface area contributed by atoms with Crippen LogP contribution in [0.25, 0.3) is 0 Å². The fourth-order valence-electron chi connectivity index (χ4n) is 3.55. The fourth-order valence-corrected chi connectivity index (χ4v) is 3.55. The van der Waals surface area contributed by atoms with Crippen LogP contribution in [-0.2, 0) is 4.79 Å². The molecular weight excluding hydrogens is 274 g/mol. The average molecular weight is 304 g/mol. The molecular formula is C15H30ClN3O. The number of halogens is 1. The Morgan fingerprint density at radius 1 is 1.10 bits per heavy atom. The van der Waals surface area contributed by atoms with Gasteiger partial charge in [0.1, 0.15) is 0 Å². The zero-order valence-corrected chi connectivity index (χ0v) is 13.5. The first-order valence-electron chi connectivity index (χ1n) is 7.99. The van der Waals surface area contributed by atoms with Crippen LogP contribution in [0.2, 0.25) is 0 Å². The molecule has 2 aliphatic rings. The SMILES string of the molecule is CCC1CCCCN1C(=O)CN1CCCCC1CN.Cl. The number of nitrogens with zero attached hydrogens (tertiary/aromatic N) is 2. The predicted octanol–water partition coefficient (Wildman–Crippen LogP) is 2.01. The normalized spacial score (nSPS) is 28.0. The molecule has 0 bridgehead atoms. The molecule has 0 saturated carbocycles. The molecule has 4 nitrogen and oxygen atoms in total. The molecule has 0 aromatic rings. The fraction of sp³-hybridized carbons (Fsp3) is 0.933. The molecule has 2 rings (SSSR count). The van der Waals surface area contributed by atoms with Gasteiger partial charge in [-0.3, -0.25) is 9.69 Å². The minimum absolute atomic E-state index is 0. The van der Waals surface area contributed by atoms with Crippen LogP contribution in [-0.4, -0.2) is 54.0 Å². The number of likely N-dealkylation sites (tertiary alicyclic amines) is 2. The summed E-state index contributed by atoms with van der Waals surface area (Å²) in [6.07, 6.45) is 8.34. The van der Waals surface area contributed by atoms with Crippen molar-refractivity contribution in [1.29, 1.82) is 0 Å². The summed E-state index contributed by atoms with van der Waals surface area (Å²) in [5, 5.41) is 0. The highest BCUT2D eigenvalue weighted by molar-refractivity contribution is 5.85. The van der Waals surface area contributed by atoms with Gasteiger partial charge >= 0.3 is 0 Å². The Hall–Kier alpha value is -0.320. The first kappa shape index (κ1) is 17.7. The molecule has 0 aromatic carbocycles. The Bertz CT molecular complexity index is 301. The van der Waals surface area contributed by atoms with Crippen LogP contribution in [0.15, 0.2) is 0 Å². The summed E-state index contributed by atoms with van der Waals surface area (Å²) in [7, 11) is 0. The zero-order chi connectivity index (χ0) is 13.7. The van der Waals surface area contributed by atoms with E-state index in [-0.39, 0.29) is 12.4 Å². The van der Waals surface area contributed by atoms with Gasteiger partial charge in [0, 0.05) is 25.2 Å². The van der Waals surface area contributed by atoms with Crippen molar-refractivity contribution in [3.63, 3.8) is 0 Å². The quantitative estimate of drug-likeness (QED) is 0.864. The number of hydrogen-bond donors (Lipinski definition) is 1. The third kappa shape index (κ3) is 4.34. The molecule has 2 heterocycles. The van der Waals surface area contributed by atoms with Gasteiger partial charge in [0.15, 0.2) is 0 Å². The lowest BCUT2D eigenvalue weighted by molar-refractivity contribution is -0.137. The van der Waals surface area contributed by atoms with Crippen LogP contribution in [0.4, 0.5) is 0 Å². The van der Waals surface area contributed by atoms with Gasteiger partial charge in [-0.15, -0.1) is 12.4 Å². The molecule has 2 atom stereocenters. The van der Waals surface area contributed by atoms with E-state index < -0.39 is 0 Å². The van der Waals surface area contributed by atoms with Crippen molar-refractivity contribution >= 4 is 18.3 Å². The number of rotatable bonds is 4. The van der Waals surface area contributed by atoms with E-state index in [9.17, 15) is 4.79 Å². The van der Waals surface area contributed by atoms with Gasteiger partial charge < -0.3 is 10.6 Å². The van der Waals surface area contributed by atoms with E-state index in [0.29, 0.717) is 31.1 Å². The van der Waals surface area contributed by atoms with Gasteiger partial charge in [0.2, 0.25) is 5.91 Å². The Labute approximate surface area is 129 Å². The molecule has 2 saturated heterocycles. The lowest BCUT2D eigenvalue weighted by Gasteiger charge is -2.39. The van der Waals surface area contributed by atoms with Crippen LogP contribution in [0, 0.1) is 0 Å². The molecule has 2 aliphatic heterocycles. The van der Waals surface area contributed by atoms with Gasteiger partial charge in [0.05, 0.1) is 6.54 Å². The molecule has 2 unspecified atom stereocenters. The van der Waals surface area contributed by atoms with Crippen LogP contribution in [0.1, 0.15) is 51.9 Å². The maximum absolute atomic E-state index is 12.5. The molecule has 118 valence electrons. The van der Waals surface area contributed by atoms with E-state index in [2.05, 4.69) is 16.7 Å². The topological polar surface area (TPSA) is 49.6 Å². The second-order valence-corrected chi connectivity index (χ2v) is 6.00. The smallest absolute Gasteiger partial charge is 0.237 e. The summed E-state index contributed by atoms with van der Waals surface area (Å²) in [5.41, 5.74) is 5.83. The Balaban J connectivity index is 0.00000200. The molecule has 1 amide bonds. The molecule has 0 aliphatic carbocycles. The van der Waals surface area contributed by atoms with Crippen LogP contribution in [0.3, 0.4) is 0 Å². The summed E-state index contributed by atoms with van der Waals surface area (Å²) in [6.45, 7) is 5.46. The van der Waals surface area contributed by atoms with E-state index in [4.69, 9.17) is 5.73 Å². The number of amides is 1. The molecule has 0 radical (unpaired) electrons. The Morgan fingerprint density at radius 3 is 2.40 bits per heavy atom. The lowest BCUT2D eigenvalue weighted by Crippen LogP contribution is -2.52. The highest BCUT2D eigenvalue weighted by Gasteiger charge is 2.29. The van der Waals surface area contributed by atoms with Crippen molar-refractivity contribution in [2.45, 2.75) is 64.0 Å². The number of piperidine rings is 2. The molecule has 20 heavy (non-hydrogen) atoms. The highest BCUT2D eigenvalue weighted by Crippen LogP contribution is 2.21. The van der Waals surface area contributed by atoms with Crippen molar-refractivity contribution in [2.75, 3.05) is 26.2 Å². The maximum atomic E-state index is 12.5. The van der Waals surface area contributed by atoms with Crippen LogP contribution in [0.5, 0.6) is 0 Å². The molecule has 5 heteroatoms. The summed E-state index contributed by atoms with van der Waals surface area (Å²) in [6, 6.07) is 0.893. The second-order valence-electron chi connectivity index (χ2n) is 6.00. The summed E-state index contributed by atoms with van der Waals surface area (Å²) < 4.78 is 0. The van der Waals surface area contributed by atoms with Crippen LogP contribution < -0.4 is 5.73 Å². The average Bonchev–Trinajstić information content (AvgIpc) is 2.47. The van der Waals surface area contributed by atoms with Gasteiger partial charge in [-0.05, 0) is 45.1 Å². The number of hydrogen-bond acceptors (Lipinski definition) is 3. The van der Waals surface area contributed by atoms with E-state index in [0.717, 1.165) is 25.9 Å². The maximum Gasteiger partial charge on any atom is 0.237 e. The van der Waals surface area contributed by atoms with Crippen molar-refractivity contribution in [3.8, 4) is 0 Å². The van der Waals surface area contributed by atoms with Gasteiger partial charge in [-0.2, -0.15) is 0 Å². The highest BCUT2D eigenvalue weighted by atomic mass is 35.5. The largest absolute Gasteiger partial charge is 0.339 e. The molecule has 0 aromatic heterocycles. The van der Waals surface area contributed by atoms with Crippen molar-refractivity contribution in [1.82, 2.24) is 9.80 Å². The second kappa shape index (κ2) is 8.85. The van der Waals surface area contributed by atoms with Gasteiger partial charge in [-0.1, -0.05) is 13.3 Å². The van der Waals surface area contributed by atoms with E-state index in [1.54, 1.807) is 0 Å². The van der Waals surface area contributed by atoms with Crippen LogP contribution >= 0.6 is 12.4 Å². The van der Waals surface area contributed by atoms with E-state index in [1.165, 1.54) is 32.1 Å². The van der Waals surface area contributed by atoms with Crippen molar-refractivity contribution in [2.24, 2.45) is 5.73 Å². The lowest BCUT2D eigenvalue weighted by atomic mass is 9.99. The van der Waals surface area contributed by atoms with E-state index >= 15 is 0 Å². The van der Waals surface area contributed by atoms with Crippen molar-refractivity contribution in [3.05, 3.63) is 0 Å². The summed E-state index contributed by atoms with van der Waals surface area (Å²) >= 11 is 0. The molecule has 2 fully saturated rings.